The van der Waals surface area contributed by atoms with Crippen molar-refractivity contribution >= 4 is 33.9 Å². The zero-order valence-electron chi connectivity index (χ0n) is 16.0. The van der Waals surface area contributed by atoms with Gasteiger partial charge < -0.3 is 4.74 Å². The van der Waals surface area contributed by atoms with Gasteiger partial charge in [-0.3, -0.25) is 20.4 Å². The van der Waals surface area contributed by atoms with Crippen molar-refractivity contribution in [2.45, 2.75) is 13.0 Å². The Bertz CT molecular complexity index is 1270. The Morgan fingerprint density at radius 1 is 0.933 bits per heavy atom. The molecule has 1 aliphatic rings. The second-order valence-corrected chi connectivity index (χ2v) is 8.12. The Morgan fingerprint density at radius 3 is 2.67 bits per heavy atom. The van der Waals surface area contributed by atoms with Gasteiger partial charge in [0.1, 0.15) is 12.4 Å². The number of ether oxygens (including phenoxy) is 1. The monoisotopic (exact) mass is 414 g/mol. The molecule has 5 nitrogen and oxygen atoms in total. The number of hydrogen-bond acceptors (Lipinski definition) is 4. The van der Waals surface area contributed by atoms with Gasteiger partial charge in [0.2, 0.25) is 5.91 Å². The minimum atomic E-state index is -0.335. The molecular formula is C24H18N2O3S. The van der Waals surface area contributed by atoms with Crippen molar-refractivity contribution in [2.75, 3.05) is 0 Å². The molecule has 1 aliphatic heterocycles. The molecular weight excluding hydrogens is 396 g/mol. The highest BCUT2D eigenvalue weighted by Crippen LogP contribution is 2.42. The van der Waals surface area contributed by atoms with Gasteiger partial charge in [0.05, 0.1) is 11.3 Å². The van der Waals surface area contributed by atoms with Crippen LogP contribution in [-0.4, -0.2) is 11.8 Å². The zero-order valence-corrected chi connectivity index (χ0v) is 16.8. The standard InChI is InChI=1S/C24H18N2O3S/c27-22(13-16-8-5-7-15-6-1-2-9-18(15)16)25-26-24(28)21-12-17-14-29-20-11-4-3-10-19(20)23(17)30-21/h1-12H,13-14H2,(H,25,27)(H,26,28). The van der Waals surface area contributed by atoms with Gasteiger partial charge in [-0.05, 0) is 34.5 Å². The number of fused-ring (bicyclic) bond motifs is 4. The molecule has 148 valence electrons. The van der Waals surface area contributed by atoms with Crippen LogP contribution in [0.5, 0.6) is 5.75 Å². The molecule has 0 bridgehead atoms. The zero-order chi connectivity index (χ0) is 20.5. The van der Waals surface area contributed by atoms with Crippen molar-refractivity contribution in [2.24, 2.45) is 0 Å². The molecule has 3 aromatic carbocycles. The third-order valence-corrected chi connectivity index (χ3v) is 6.30. The summed E-state index contributed by atoms with van der Waals surface area (Å²) >= 11 is 1.40. The molecule has 4 aromatic rings. The quantitative estimate of drug-likeness (QED) is 0.486. The Labute approximate surface area is 177 Å². The molecule has 0 saturated carbocycles. The topological polar surface area (TPSA) is 67.4 Å². The van der Waals surface area contributed by atoms with Gasteiger partial charge >= 0.3 is 0 Å². The number of rotatable bonds is 3. The Hall–Kier alpha value is -3.64. The van der Waals surface area contributed by atoms with E-state index in [1.54, 1.807) is 0 Å². The molecule has 30 heavy (non-hydrogen) atoms. The average molecular weight is 414 g/mol. The summed E-state index contributed by atoms with van der Waals surface area (Å²) < 4.78 is 5.75. The number of hydrazine groups is 1. The molecule has 0 radical (unpaired) electrons. The van der Waals surface area contributed by atoms with Crippen LogP contribution in [0.4, 0.5) is 0 Å². The summed E-state index contributed by atoms with van der Waals surface area (Å²) in [5.74, 6) is 0.218. The molecule has 2 heterocycles. The number of amides is 2. The molecule has 0 aliphatic carbocycles. The number of hydrogen-bond donors (Lipinski definition) is 2. The van der Waals surface area contributed by atoms with Crippen molar-refractivity contribution < 1.29 is 14.3 Å². The number of nitrogens with one attached hydrogen (secondary N) is 2. The number of benzene rings is 3. The highest BCUT2D eigenvalue weighted by atomic mass is 32.1. The van der Waals surface area contributed by atoms with Crippen molar-refractivity contribution in [3.8, 4) is 16.2 Å². The van der Waals surface area contributed by atoms with E-state index in [1.807, 2.05) is 72.8 Å². The number of para-hydroxylation sites is 1. The van der Waals surface area contributed by atoms with Gasteiger partial charge in [0.15, 0.2) is 0 Å². The normalized spacial score (nSPS) is 11.9. The molecule has 0 fully saturated rings. The van der Waals surface area contributed by atoms with Crippen LogP contribution in [0.25, 0.3) is 21.2 Å². The summed E-state index contributed by atoms with van der Waals surface area (Å²) in [5, 5.41) is 2.12. The molecule has 2 N–H and O–H groups in total. The van der Waals surface area contributed by atoms with Crippen LogP contribution in [0.1, 0.15) is 20.8 Å². The Morgan fingerprint density at radius 2 is 1.73 bits per heavy atom. The maximum Gasteiger partial charge on any atom is 0.279 e. The van der Waals surface area contributed by atoms with Crippen LogP contribution in [0.2, 0.25) is 0 Å². The Balaban J connectivity index is 1.27. The summed E-state index contributed by atoms with van der Waals surface area (Å²) in [4.78, 5) is 26.6. The Kier molecular flexibility index (Phi) is 4.69. The minimum Gasteiger partial charge on any atom is -0.488 e. The summed E-state index contributed by atoms with van der Waals surface area (Å²) in [6.45, 7) is 0.434. The molecule has 0 spiro atoms. The number of carbonyl (C=O) groups is 2. The van der Waals surface area contributed by atoms with E-state index < -0.39 is 0 Å². The highest BCUT2D eigenvalue weighted by Gasteiger charge is 2.22. The molecule has 5 rings (SSSR count). The van der Waals surface area contributed by atoms with E-state index >= 15 is 0 Å². The van der Waals surface area contributed by atoms with Gasteiger partial charge in [0, 0.05) is 16.0 Å². The van der Waals surface area contributed by atoms with Gasteiger partial charge in [-0.1, -0.05) is 54.6 Å². The third-order valence-electron chi connectivity index (χ3n) is 5.09. The third kappa shape index (κ3) is 3.42. The second-order valence-electron chi connectivity index (χ2n) is 7.07. The average Bonchev–Trinajstić information content (AvgIpc) is 3.23. The number of thiophene rings is 1. The predicted molar refractivity (Wildman–Crippen MR) is 117 cm³/mol. The lowest BCUT2D eigenvalue weighted by Gasteiger charge is -2.16. The first kappa shape index (κ1) is 18.4. The predicted octanol–water partition coefficient (Wildman–Crippen LogP) is 4.46. The molecule has 2 amide bonds. The fourth-order valence-corrected chi connectivity index (χ4v) is 4.76. The lowest BCUT2D eigenvalue weighted by molar-refractivity contribution is -0.121. The van der Waals surface area contributed by atoms with E-state index in [2.05, 4.69) is 10.9 Å². The van der Waals surface area contributed by atoms with Crippen molar-refractivity contribution in [1.29, 1.82) is 0 Å². The fraction of sp³-hybridized carbons (Fsp3) is 0.0833. The first-order valence-electron chi connectivity index (χ1n) is 9.60. The van der Waals surface area contributed by atoms with E-state index in [0.29, 0.717) is 11.5 Å². The molecule has 0 unspecified atom stereocenters. The van der Waals surface area contributed by atoms with Crippen LogP contribution >= 0.6 is 11.3 Å². The summed E-state index contributed by atoms with van der Waals surface area (Å²) in [6.07, 6.45) is 0.184. The van der Waals surface area contributed by atoms with E-state index in [0.717, 1.165) is 38.1 Å². The maximum atomic E-state index is 12.6. The first-order valence-corrected chi connectivity index (χ1v) is 10.4. The van der Waals surface area contributed by atoms with Crippen molar-refractivity contribution in [3.63, 3.8) is 0 Å². The smallest absolute Gasteiger partial charge is 0.279 e. The minimum absolute atomic E-state index is 0.184. The molecule has 1 aromatic heterocycles. The summed E-state index contributed by atoms with van der Waals surface area (Å²) in [7, 11) is 0. The maximum absolute atomic E-state index is 12.6. The van der Waals surface area contributed by atoms with Crippen LogP contribution in [0.3, 0.4) is 0 Å². The van der Waals surface area contributed by atoms with Crippen molar-refractivity contribution in [1.82, 2.24) is 10.9 Å². The molecule has 6 heteroatoms. The summed E-state index contributed by atoms with van der Waals surface area (Å²) in [5.41, 5.74) is 7.95. The SMILES string of the molecule is O=C(Cc1cccc2ccccc12)NNC(=O)c1cc2c(s1)-c1ccccc1OC2. The largest absolute Gasteiger partial charge is 0.488 e. The van der Waals surface area contributed by atoms with Crippen LogP contribution in [-0.2, 0) is 17.8 Å². The van der Waals surface area contributed by atoms with Crippen LogP contribution in [0.15, 0.2) is 72.8 Å². The van der Waals surface area contributed by atoms with Crippen LogP contribution < -0.4 is 15.6 Å². The van der Waals surface area contributed by atoms with Gasteiger partial charge in [-0.25, -0.2) is 0 Å². The highest BCUT2D eigenvalue weighted by molar-refractivity contribution is 7.17. The first-order chi connectivity index (χ1) is 14.7. The van der Waals surface area contributed by atoms with Crippen molar-refractivity contribution in [3.05, 3.63) is 88.8 Å². The van der Waals surface area contributed by atoms with E-state index in [-0.39, 0.29) is 18.2 Å². The fourth-order valence-electron chi connectivity index (χ4n) is 3.66. The van der Waals surface area contributed by atoms with E-state index in [4.69, 9.17) is 4.74 Å². The lowest BCUT2D eigenvalue weighted by Crippen LogP contribution is -2.42. The molecule has 0 atom stereocenters. The van der Waals surface area contributed by atoms with Crippen LogP contribution in [0, 0.1) is 0 Å². The van der Waals surface area contributed by atoms with E-state index in [1.165, 1.54) is 11.3 Å². The number of carbonyl (C=O) groups excluding carboxylic acids is 2. The van der Waals surface area contributed by atoms with Gasteiger partial charge in [0.25, 0.3) is 5.91 Å². The summed E-state index contributed by atoms with van der Waals surface area (Å²) in [6, 6.07) is 23.4. The van der Waals surface area contributed by atoms with Gasteiger partial charge in [-0.15, -0.1) is 11.3 Å². The lowest BCUT2D eigenvalue weighted by atomic mass is 10.0. The second kappa shape index (κ2) is 7.65. The van der Waals surface area contributed by atoms with E-state index in [9.17, 15) is 9.59 Å². The molecule has 0 saturated heterocycles. The van der Waals surface area contributed by atoms with Gasteiger partial charge in [-0.2, -0.15) is 0 Å².